The van der Waals surface area contributed by atoms with Crippen LogP contribution in [0.3, 0.4) is 0 Å². The molecule has 0 radical (unpaired) electrons. The molecule has 1 aromatic carbocycles. The summed E-state index contributed by atoms with van der Waals surface area (Å²) < 4.78 is 40.0. The minimum Gasteiger partial charge on any atom is -0.384 e. The lowest BCUT2D eigenvalue weighted by Gasteiger charge is -2.11. The molecule has 2 aromatic heterocycles. The molecule has 0 amide bonds. The maximum absolute atomic E-state index is 13.1. The number of Topliss-reactive ketones (excluding diaryl/α,β-unsaturated/α-hetero) is 1. The average molecular weight is 411 g/mol. The summed E-state index contributed by atoms with van der Waals surface area (Å²) in [5.74, 6) is -2.83. The van der Waals surface area contributed by atoms with Crippen molar-refractivity contribution in [2.24, 2.45) is 7.05 Å². The highest BCUT2D eigenvalue weighted by atomic mass is 32.2. The summed E-state index contributed by atoms with van der Waals surface area (Å²) in [5.41, 5.74) is 3.54. The number of nitrogen functional groups attached to an aromatic ring is 1. The number of ketones is 1. The lowest BCUT2D eigenvalue weighted by molar-refractivity contribution is -0.145. The van der Waals surface area contributed by atoms with Gasteiger partial charge in [-0.25, -0.2) is 14.8 Å². The van der Waals surface area contributed by atoms with Crippen LogP contribution in [0.4, 0.5) is 19.0 Å². The van der Waals surface area contributed by atoms with Gasteiger partial charge in [0.1, 0.15) is 16.4 Å². The second-order valence-corrected chi connectivity index (χ2v) is 6.62. The van der Waals surface area contributed by atoms with Crippen LogP contribution in [0, 0.1) is 0 Å². The molecule has 0 unspecified atom stereocenters. The topological polar surface area (TPSA) is 124 Å². The highest BCUT2D eigenvalue weighted by Gasteiger charge is 2.35. The number of aromatic amines is 1. The Morgan fingerprint density at radius 2 is 1.93 bits per heavy atom. The van der Waals surface area contributed by atoms with Crippen LogP contribution in [0.2, 0.25) is 0 Å². The SMILES string of the molecule is Cn1c(N)c(C(=O)CSc2nc(C(F)(F)F)nc3ccccc23)c(=O)[nH]c1=O. The van der Waals surface area contributed by atoms with Gasteiger partial charge in [-0.3, -0.25) is 19.1 Å². The van der Waals surface area contributed by atoms with E-state index in [-0.39, 0.29) is 16.4 Å². The molecule has 12 heteroatoms. The first-order chi connectivity index (χ1) is 13.1. The van der Waals surface area contributed by atoms with Gasteiger partial charge in [0, 0.05) is 12.4 Å². The normalized spacial score (nSPS) is 11.7. The lowest BCUT2D eigenvalue weighted by atomic mass is 10.2. The number of aromatic nitrogens is 4. The van der Waals surface area contributed by atoms with Gasteiger partial charge < -0.3 is 5.73 Å². The minimum absolute atomic E-state index is 0.0638. The number of alkyl halides is 3. The Morgan fingerprint density at radius 1 is 1.25 bits per heavy atom. The number of hydrogen-bond donors (Lipinski definition) is 2. The summed E-state index contributed by atoms with van der Waals surface area (Å²) in [6.45, 7) is 0. The molecule has 0 saturated carbocycles. The number of benzene rings is 1. The summed E-state index contributed by atoms with van der Waals surface area (Å²) in [6, 6.07) is 6.05. The third kappa shape index (κ3) is 3.63. The molecule has 0 aliphatic rings. The van der Waals surface area contributed by atoms with Crippen molar-refractivity contribution >= 4 is 34.3 Å². The van der Waals surface area contributed by atoms with Crippen molar-refractivity contribution in [3.05, 3.63) is 56.5 Å². The highest BCUT2D eigenvalue weighted by Crippen LogP contribution is 2.32. The van der Waals surface area contributed by atoms with Gasteiger partial charge in [0.25, 0.3) is 5.56 Å². The van der Waals surface area contributed by atoms with Crippen molar-refractivity contribution in [3.8, 4) is 0 Å². The van der Waals surface area contributed by atoms with Crippen LogP contribution >= 0.6 is 11.8 Å². The van der Waals surface area contributed by atoms with Crippen molar-refractivity contribution in [1.82, 2.24) is 19.5 Å². The van der Waals surface area contributed by atoms with Crippen molar-refractivity contribution in [2.45, 2.75) is 11.2 Å². The van der Waals surface area contributed by atoms with E-state index in [1.807, 2.05) is 4.98 Å². The Balaban J connectivity index is 1.98. The van der Waals surface area contributed by atoms with E-state index >= 15 is 0 Å². The fraction of sp³-hybridized carbons (Fsp3) is 0.188. The van der Waals surface area contributed by atoms with Crippen LogP contribution < -0.4 is 17.0 Å². The largest absolute Gasteiger partial charge is 0.451 e. The quantitative estimate of drug-likeness (QED) is 0.380. The fourth-order valence-corrected chi connectivity index (χ4v) is 3.29. The molecule has 0 aliphatic carbocycles. The second-order valence-electron chi connectivity index (χ2n) is 5.66. The molecule has 28 heavy (non-hydrogen) atoms. The number of hydrogen-bond acceptors (Lipinski definition) is 7. The molecule has 0 aliphatic heterocycles. The number of para-hydroxylation sites is 1. The molecule has 0 saturated heterocycles. The molecule has 3 N–H and O–H groups in total. The number of halogens is 3. The molecule has 146 valence electrons. The van der Waals surface area contributed by atoms with Crippen LogP contribution in [-0.2, 0) is 13.2 Å². The average Bonchev–Trinajstić information content (AvgIpc) is 2.63. The third-order valence-electron chi connectivity index (χ3n) is 3.81. The van der Waals surface area contributed by atoms with Gasteiger partial charge in [0.05, 0.1) is 11.3 Å². The van der Waals surface area contributed by atoms with E-state index in [9.17, 15) is 27.6 Å². The molecular weight excluding hydrogens is 399 g/mol. The first kappa shape index (κ1) is 19.6. The summed E-state index contributed by atoms with van der Waals surface area (Å²) in [5, 5.41) is 0.265. The highest BCUT2D eigenvalue weighted by molar-refractivity contribution is 8.00. The molecule has 0 spiro atoms. The van der Waals surface area contributed by atoms with Gasteiger partial charge in [-0.1, -0.05) is 30.0 Å². The van der Waals surface area contributed by atoms with Crippen LogP contribution in [0.15, 0.2) is 38.9 Å². The molecular formula is C16H12F3N5O3S. The van der Waals surface area contributed by atoms with Crippen LogP contribution in [0.1, 0.15) is 16.2 Å². The van der Waals surface area contributed by atoms with Crippen molar-refractivity contribution in [2.75, 3.05) is 11.5 Å². The van der Waals surface area contributed by atoms with E-state index in [1.165, 1.54) is 25.2 Å². The zero-order chi connectivity index (χ0) is 20.6. The van der Waals surface area contributed by atoms with E-state index in [1.54, 1.807) is 6.07 Å². The van der Waals surface area contributed by atoms with Gasteiger partial charge in [-0.05, 0) is 6.07 Å². The van der Waals surface area contributed by atoms with Gasteiger partial charge in [-0.15, -0.1) is 0 Å². The number of H-pyrrole nitrogens is 1. The molecule has 3 rings (SSSR count). The Labute approximate surface area is 158 Å². The summed E-state index contributed by atoms with van der Waals surface area (Å²) in [4.78, 5) is 44.8. The fourth-order valence-electron chi connectivity index (χ4n) is 2.40. The van der Waals surface area contributed by atoms with Crippen LogP contribution in [0.25, 0.3) is 10.9 Å². The standard InChI is InChI=1S/C16H12F3N5O3S/c1-24-11(20)10(12(26)22-15(24)27)9(25)6-28-13-7-4-2-3-5-8(7)21-14(23-13)16(17,18)19/h2-5H,6,20H2,1H3,(H,22,26,27). The number of carbonyl (C=O) groups excluding carboxylic acids is 1. The van der Waals surface area contributed by atoms with Gasteiger partial charge in [0.15, 0.2) is 5.78 Å². The van der Waals surface area contributed by atoms with E-state index in [0.29, 0.717) is 17.1 Å². The Morgan fingerprint density at radius 3 is 2.61 bits per heavy atom. The first-order valence-corrected chi connectivity index (χ1v) is 8.67. The zero-order valence-corrected chi connectivity index (χ0v) is 15.0. The van der Waals surface area contributed by atoms with Crippen molar-refractivity contribution in [3.63, 3.8) is 0 Å². The number of thioether (sulfide) groups is 1. The smallest absolute Gasteiger partial charge is 0.384 e. The number of rotatable bonds is 4. The number of fused-ring (bicyclic) bond motifs is 1. The van der Waals surface area contributed by atoms with Crippen LogP contribution in [0.5, 0.6) is 0 Å². The molecule has 8 nitrogen and oxygen atoms in total. The van der Waals surface area contributed by atoms with E-state index in [4.69, 9.17) is 5.73 Å². The number of anilines is 1. The summed E-state index contributed by atoms with van der Waals surface area (Å²) >= 11 is 0.714. The third-order valence-corrected chi connectivity index (χ3v) is 4.80. The summed E-state index contributed by atoms with van der Waals surface area (Å²) in [7, 11) is 1.27. The maximum Gasteiger partial charge on any atom is 0.451 e. The van der Waals surface area contributed by atoms with Gasteiger partial charge >= 0.3 is 11.9 Å². The Hall–Kier alpha value is -3.15. The summed E-state index contributed by atoms with van der Waals surface area (Å²) in [6.07, 6.45) is -4.76. The Kier molecular flexibility index (Phi) is 4.98. The number of nitrogens with zero attached hydrogens (tertiary/aromatic N) is 3. The number of carbonyl (C=O) groups is 1. The predicted octanol–water partition coefficient (Wildman–Crippen LogP) is 1.59. The zero-order valence-electron chi connectivity index (χ0n) is 14.2. The van der Waals surface area contributed by atoms with Crippen molar-refractivity contribution in [1.29, 1.82) is 0 Å². The molecule has 2 heterocycles. The molecule has 3 aromatic rings. The van der Waals surface area contributed by atoms with E-state index < -0.39 is 40.3 Å². The first-order valence-electron chi connectivity index (χ1n) is 7.68. The van der Waals surface area contributed by atoms with E-state index in [0.717, 1.165) is 4.57 Å². The second kappa shape index (κ2) is 7.11. The number of nitrogens with one attached hydrogen (secondary N) is 1. The van der Waals surface area contributed by atoms with Gasteiger partial charge in [-0.2, -0.15) is 13.2 Å². The molecule has 0 atom stereocenters. The molecule has 0 bridgehead atoms. The lowest BCUT2D eigenvalue weighted by Crippen LogP contribution is -2.35. The minimum atomic E-state index is -4.76. The number of nitrogens with two attached hydrogens (primary N) is 1. The van der Waals surface area contributed by atoms with Gasteiger partial charge in [0.2, 0.25) is 5.82 Å². The van der Waals surface area contributed by atoms with Crippen LogP contribution in [-0.4, -0.2) is 31.1 Å². The predicted molar refractivity (Wildman–Crippen MR) is 96.3 cm³/mol. The molecule has 0 fully saturated rings. The van der Waals surface area contributed by atoms with Crippen molar-refractivity contribution < 1.29 is 18.0 Å². The van der Waals surface area contributed by atoms with E-state index in [2.05, 4.69) is 9.97 Å². The monoisotopic (exact) mass is 411 g/mol. The Bertz CT molecular complexity index is 1200. The maximum atomic E-state index is 13.1.